The number of esters is 1. The van der Waals surface area contributed by atoms with Gasteiger partial charge in [0, 0.05) is 22.8 Å². The minimum Gasteiger partial charge on any atom is -0.422 e. The lowest BCUT2D eigenvalue weighted by atomic mass is 10.1. The monoisotopic (exact) mass is 292 g/mol. The van der Waals surface area contributed by atoms with Gasteiger partial charge in [-0.05, 0) is 6.92 Å². The predicted molar refractivity (Wildman–Crippen MR) is 86.1 cm³/mol. The van der Waals surface area contributed by atoms with Crippen LogP contribution in [-0.2, 0) is 9.53 Å². The summed E-state index contributed by atoms with van der Waals surface area (Å²) >= 11 is 0. The fourth-order valence-electron chi connectivity index (χ4n) is 1.77. The second-order valence-electron chi connectivity index (χ2n) is 4.77. The maximum absolute atomic E-state index is 12.3. The van der Waals surface area contributed by atoms with Crippen molar-refractivity contribution in [1.29, 1.82) is 0 Å². The maximum Gasteiger partial charge on any atom is 0.338 e. The van der Waals surface area contributed by atoms with Crippen molar-refractivity contribution in [1.82, 2.24) is 0 Å². The van der Waals surface area contributed by atoms with E-state index in [-0.39, 0.29) is 17.1 Å². The lowest BCUT2D eigenvalue weighted by molar-refractivity contribution is -0.132. The standard InChI is InChI=1S/C19H16O3/c1-14(2)19(21)22-18(16-11-7-4-8-12-16)13-17(20)15-9-5-3-6-10-15/h3-13H,1H2,2H3. The number of hydrogen-bond donors (Lipinski definition) is 0. The van der Waals surface area contributed by atoms with Gasteiger partial charge in [0.2, 0.25) is 0 Å². The first-order valence-electron chi connectivity index (χ1n) is 6.82. The first kappa shape index (κ1) is 15.4. The van der Waals surface area contributed by atoms with Crippen molar-refractivity contribution in [2.24, 2.45) is 0 Å². The molecule has 0 unspecified atom stereocenters. The van der Waals surface area contributed by atoms with Crippen LogP contribution < -0.4 is 0 Å². The van der Waals surface area contributed by atoms with Crippen LogP contribution in [0.3, 0.4) is 0 Å². The van der Waals surface area contributed by atoms with Crippen molar-refractivity contribution in [3.63, 3.8) is 0 Å². The Morgan fingerprint density at radius 3 is 1.91 bits per heavy atom. The van der Waals surface area contributed by atoms with Gasteiger partial charge < -0.3 is 4.74 Å². The van der Waals surface area contributed by atoms with Gasteiger partial charge in [-0.15, -0.1) is 0 Å². The highest BCUT2D eigenvalue weighted by molar-refractivity contribution is 6.08. The molecule has 0 aliphatic heterocycles. The van der Waals surface area contributed by atoms with Crippen molar-refractivity contribution >= 4 is 17.5 Å². The number of allylic oxidation sites excluding steroid dienone is 1. The summed E-state index contributed by atoms with van der Waals surface area (Å²) in [7, 11) is 0. The predicted octanol–water partition coefficient (Wildman–Crippen LogP) is 4.03. The second-order valence-corrected chi connectivity index (χ2v) is 4.77. The number of rotatable bonds is 5. The first-order chi connectivity index (χ1) is 10.6. The van der Waals surface area contributed by atoms with Gasteiger partial charge in [0.15, 0.2) is 5.78 Å². The topological polar surface area (TPSA) is 43.4 Å². The molecular formula is C19H16O3. The summed E-state index contributed by atoms with van der Waals surface area (Å²) in [5.74, 6) is -0.576. The summed E-state index contributed by atoms with van der Waals surface area (Å²) < 4.78 is 5.29. The molecule has 2 aromatic carbocycles. The fraction of sp³-hybridized carbons (Fsp3) is 0.0526. The van der Waals surface area contributed by atoms with E-state index < -0.39 is 5.97 Å². The Kier molecular flexibility index (Phi) is 5.04. The molecule has 0 aliphatic carbocycles. The van der Waals surface area contributed by atoms with Gasteiger partial charge in [0.1, 0.15) is 5.76 Å². The van der Waals surface area contributed by atoms with Gasteiger partial charge in [-0.1, -0.05) is 67.2 Å². The summed E-state index contributed by atoms with van der Waals surface area (Å²) in [5, 5.41) is 0. The number of benzene rings is 2. The summed E-state index contributed by atoms with van der Waals surface area (Å²) in [6, 6.07) is 17.8. The van der Waals surface area contributed by atoms with Crippen molar-refractivity contribution in [2.75, 3.05) is 0 Å². The highest BCUT2D eigenvalue weighted by atomic mass is 16.5. The van der Waals surface area contributed by atoms with Crippen LogP contribution in [0.1, 0.15) is 22.8 Å². The smallest absolute Gasteiger partial charge is 0.338 e. The molecule has 0 saturated heterocycles. The molecule has 0 saturated carbocycles. The first-order valence-corrected chi connectivity index (χ1v) is 6.82. The normalized spacial score (nSPS) is 10.9. The highest BCUT2D eigenvalue weighted by Crippen LogP contribution is 2.18. The average Bonchev–Trinajstić information content (AvgIpc) is 2.55. The van der Waals surface area contributed by atoms with E-state index in [1.54, 1.807) is 43.3 Å². The minimum atomic E-state index is -0.559. The van der Waals surface area contributed by atoms with Crippen molar-refractivity contribution in [3.05, 3.63) is 90.0 Å². The molecule has 3 nitrogen and oxygen atoms in total. The Hall–Kier alpha value is -2.94. The number of carbonyl (C=O) groups is 2. The largest absolute Gasteiger partial charge is 0.422 e. The van der Waals surface area contributed by atoms with Crippen molar-refractivity contribution in [3.8, 4) is 0 Å². The Bertz CT molecular complexity index is 713. The molecule has 0 atom stereocenters. The molecule has 0 spiro atoms. The van der Waals surface area contributed by atoms with Crippen LogP contribution in [0, 0.1) is 0 Å². The van der Waals surface area contributed by atoms with Crippen LogP contribution in [-0.4, -0.2) is 11.8 Å². The molecule has 0 fully saturated rings. The Morgan fingerprint density at radius 1 is 0.909 bits per heavy atom. The average molecular weight is 292 g/mol. The molecular weight excluding hydrogens is 276 g/mol. The second kappa shape index (κ2) is 7.18. The van der Waals surface area contributed by atoms with Crippen LogP contribution in [0.25, 0.3) is 5.76 Å². The molecule has 0 bridgehead atoms. The van der Waals surface area contributed by atoms with E-state index in [1.807, 2.05) is 24.3 Å². The van der Waals surface area contributed by atoms with Crippen LogP contribution in [0.4, 0.5) is 0 Å². The number of hydrogen-bond acceptors (Lipinski definition) is 3. The minimum absolute atomic E-state index is 0.211. The van der Waals surface area contributed by atoms with Gasteiger partial charge >= 0.3 is 5.97 Å². The molecule has 0 amide bonds. The lowest BCUT2D eigenvalue weighted by Gasteiger charge is -2.09. The third-order valence-corrected chi connectivity index (χ3v) is 2.93. The Labute approximate surface area is 129 Å². The molecule has 0 heterocycles. The molecule has 2 aromatic rings. The molecule has 0 aliphatic rings. The molecule has 110 valence electrons. The van der Waals surface area contributed by atoms with Crippen LogP contribution >= 0.6 is 0 Å². The van der Waals surface area contributed by atoms with Gasteiger partial charge in [0.05, 0.1) is 0 Å². The lowest BCUT2D eigenvalue weighted by Crippen LogP contribution is -2.06. The van der Waals surface area contributed by atoms with Crippen molar-refractivity contribution < 1.29 is 14.3 Å². The molecule has 2 rings (SSSR count). The summed E-state index contributed by atoms with van der Waals surface area (Å²) in [4.78, 5) is 24.1. The van der Waals surface area contributed by atoms with Crippen molar-refractivity contribution in [2.45, 2.75) is 6.92 Å². The zero-order chi connectivity index (χ0) is 15.9. The molecule has 22 heavy (non-hydrogen) atoms. The van der Waals surface area contributed by atoms with Crippen LogP contribution in [0.2, 0.25) is 0 Å². The third-order valence-electron chi connectivity index (χ3n) is 2.93. The van der Waals surface area contributed by atoms with Gasteiger partial charge in [-0.25, -0.2) is 4.79 Å². The zero-order valence-electron chi connectivity index (χ0n) is 12.3. The van der Waals surface area contributed by atoms with Crippen LogP contribution in [0.5, 0.6) is 0 Å². The summed E-state index contributed by atoms with van der Waals surface area (Å²) in [6.45, 7) is 5.11. The molecule has 0 radical (unpaired) electrons. The fourth-order valence-corrected chi connectivity index (χ4v) is 1.77. The van der Waals surface area contributed by atoms with Crippen LogP contribution in [0.15, 0.2) is 78.9 Å². The quantitative estimate of drug-likeness (QED) is 0.362. The summed E-state index contributed by atoms with van der Waals surface area (Å²) in [6.07, 6.45) is 1.32. The molecule has 0 N–H and O–H groups in total. The van der Waals surface area contributed by atoms with E-state index in [9.17, 15) is 9.59 Å². The van der Waals surface area contributed by atoms with E-state index >= 15 is 0 Å². The number of carbonyl (C=O) groups excluding carboxylic acids is 2. The van der Waals surface area contributed by atoms with E-state index in [1.165, 1.54) is 6.08 Å². The number of ketones is 1. The van der Waals surface area contributed by atoms with E-state index in [4.69, 9.17) is 4.74 Å². The highest BCUT2D eigenvalue weighted by Gasteiger charge is 2.13. The molecule has 0 aromatic heterocycles. The van der Waals surface area contributed by atoms with E-state index in [0.29, 0.717) is 11.1 Å². The number of ether oxygens (including phenoxy) is 1. The Morgan fingerprint density at radius 2 is 1.41 bits per heavy atom. The van der Waals surface area contributed by atoms with E-state index in [0.717, 1.165) is 0 Å². The van der Waals surface area contributed by atoms with Gasteiger partial charge in [-0.2, -0.15) is 0 Å². The summed E-state index contributed by atoms with van der Waals surface area (Å²) in [5.41, 5.74) is 1.46. The van der Waals surface area contributed by atoms with Gasteiger partial charge in [-0.3, -0.25) is 4.79 Å². The van der Waals surface area contributed by atoms with Gasteiger partial charge in [0.25, 0.3) is 0 Å². The van der Waals surface area contributed by atoms with E-state index in [2.05, 4.69) is 6.58 Å². The maximum atomic E-state index is 12.3. The zero-order valence-corrected chi connectivity index (χ0v) is 12.3. The SMILES string of the molecule is C=C(C)C(=O)OC(=CC(=O)c1ccccc1)c1ccccc1. The molecule has 3 heteroatoms. The Balaban J connectivity index is 2.36. The third kappa shape index (κ3) is 4.03.